The van der Waals surface area contributed by atoms with Crippen LogP contribution in [0.4, 0.5) is 10.1 Å². The molecule has 1 fully saturated rings. The fourth-order valence-corrected chi connectivity index (χ4v) is 2.20. The fraction of sp³-hybridized carbons (Fsp3) is 0.429. The Morgan fingerprint density at radius 1 is 1.45 bits per heavy atom. The van der Waals surface area contributed by atoms with Gasteiger partial charge in [-0.2, -0.15) is 0 Å². The highest BCUT2D eigenvalue weighted by atomic mass is 19.1. The van der Waals surface area contributed by atoms with Crippen LogP contribution in [0.25, 0.3) is 0 Å². The van der Waals surface area contributed by atoms with Gasteiger partial charge in [0.1, 0.15) is 5.82 Å². The number of hydrogen-bond acceptors (Lipinski definition) is 4. The molecular formula is C14H17FN2O3. The summed E-state index contributed by atoms with van der Waals surface area (Å²) in [6, 6.07) is 3.76. The number of carbonyl (C=O) groups is 2. The Hall–Kier alpha value is -1.95. The van der Waals surface area contributed by atoms with Crippen molar-refractivity contribution in [2.75, 3.05) is 12.4 Å². The number of benzene rings is 1. The van der Waals surface area contributed by atoms with Gasteiger partial charge in [0.05, 0.1) is 12.7 Å². The van der Waals surface area contributed by atoms with Crippen molar-refractivity contribution in [2.24, 2.45) is 5.73 Å². The summed E-state index contributed by atoms with van der Waals surface area (Å²) in [4.78, 5) is 23.2. The number of ether oxygens (including phenoxy) is 1. The molecule has 0 atom stereocenters. The monoisotopic (exact) mass is 280 g/mol. The van der Waals surface area contributed by atoms with Gasteiger partial charge in [-0.25, -0.2) is 9.18 Å². The Kier molecular flexibility index (Phi) is 4.04. The Bertz CT molecular complexity index is 541. The van der Waals surface area contributed by atoms with E-state index in [9.17, 15) is 14.0 Å². The lowest BCUT2D eigenvalue weighted by molar-refractivity contribution is -0.118. The molecule has 0 bridgehead atoms. The third kappa shape index (κ3) is 3.14. The van der Waals surface area contributed by atoms with E-state index in [1.54, 1.807) is 0 Å². The molecule has 1 saturated carbocycles. The average molecular weight is 280 g/mol. The Morgan fingerprint density at radius 3 is 2.70 bits per heavy atom. The van der Waals surface area contributed by atoms with Crippen molar-refractivity contribution in [3.63, 3.8) is 0 Å². The lowest BCUT2D eigenvalue weighted by Crippen LogP contribution is -2.48. The predicted molar refractivity (Wildman–Crippen MR) is 71.8 cm³/mol. The fourth-order valence-electron chi connectivity index (χ4n) is 2.20. The van der Waals surface area contributed by atoms with Gasteiger partial charge in [0.2, 0.25) is 5.91 Å². The van der Waals surface area contributed by atoms with Crippen LogP contribution >= 0.6 is 0 Å². The number of amides is 1. The topological polar surface area (TPSA) is 81.4 Å². The summed E-state index contributed by atoms with van der Waals surface area (Å²) >= 11 is 0. The van der Waals surface area contributed by atoms with Crippen LogP contribution in [0, 0.1) is 5.82 Å². The Labute approximate surface area is 116 Å². The maximum Gasteiger partial charge on any atom is 0.340 e. The van der Waals surface area contributed by atoms with E-state index in [-0.39, 0.29) is 17.9 Å². The summed E-state index contributed by atoms with van der Waals surface area (Å²) in [7, 11) is 1.17. The maximum atomic E-state index is 13.4. The van der Waals surface area contributed by atoms with Crippen LogP contribution in [-0.2, 0) is 9.53 Å². The Balaban J connectivity index is 2.05. The first-order valence-corrected chi connectivity index (χ1v) is 6.40. The molecule has 3 N–H and O–H groups in total. The lowest BCUT2D eigenvalue weighted by Gasteiger charge is -2.37. The van der Waals surface area contributed by atoms with Crippen LogP contribution in [0.5, 0.6) is 0 Å². The van der Waals surface area contributed by atoms with E-state index in [0.29, 0.717) is 5.69 Å². The van der Waals surface area contributed by atoms with E-state index in [2.05, 4.69) is 10.1 Å². The second-order valence-electron chi connectivity index (χ2n) is 5.13. The van der Waals surface area contributed by atoms with Crippen LogP contribution < -0.4 is 11.1 Å². The number of carbonyl (C=O) groups excluding carboxylic acids is 2. The summed E-state index contributed by atoms with van der Waals surface area (Å²) in [5.74, 6) is -1.72. The second kappa shape index (κ2) is 5.58. The molecule has 5 nitrogen and oxygen atoms in total. The molecule has 0 heterocycles. The van der Waals surface area contributed by atoms with Crippen molar-refractivity contribution in [1.29, 1.82) is 0 Å². The van der Waals surface area contributed by atoms with Gasteiger partial charge in [-0.3, -0.25) is 4.79 Å². The van der Waals surface area contributed by atoms with E-state index in [0.717, 1.165) is 25.3 Å². The van der Waals surface area contributed by atoms with E-state index in [4.69, 9.17) is 5.73 Å². The van der Waals surface area contributed by atoms with Gasteiger partial charge in [0.15, 0.2) is 0 Å². The zero-order valence-corrected chi connectivity index (χ0v) is 11.2. The quantitative estimate of drug-likeness (QED) is 0.824. The van der Waals surface area contributed by atoms with E-state index in [1.165, 1.54) is 19.2 Å². The zero-order valence-electron chi connectivity index (χ0n) is 11.2. The van der Waals surface area contributed by atoms with Crippen LogP contribution in [0.2, 0.25) is 0 Å². The molecule has 1 aliphatic carbocycles. The zero-order chi connectivity index (χ0) is 14.8. The highest BCUT2D eigenvalue weighted by molar-refractivity contribution is 5.95. The van der Waals surface area contributed by atoms with Gasteiger partial charge < -0.3 is 15.8 Å². The molecule has 0 aliphatic heterocycles. The van der Waals surface area contributed by atoms with Gasteiger partial charge in [-0.15, -0.1) is 0 Å². The Morgan fingerprint density at radius 2 is 2.15 bits per heavy atom. The van der Waals surface area contributed by atoms with Gasteiger partial charge in [-0.1, -0.05) is 0 Å². The molecule has 6 heteroatoms. The third-order valence-corrected chi connectivity index (χ3v) is 3.52. The van der Waals surface area contributed by atoms with Crippen LogP contribution in [0.1, 0.15) is 36.0 Å². The standard InChI is InChI=1S/C14H17FN2O3/c1-20-13(19)10-7-9(3-4-11(10)15)17-12(18)8-14(16)5-2-6-14/h3-4,7H,2,5-6,8,16H2,1H3,(H,17,18). The normalized spacial score (nSPS) is 16.1. The largest absolute Gasteiger partial charge is 0.465 e. The molecule has 0 unspecified atom stereocenters. The molecule has 108 valence electrons. The molecule has 0 radical (unpaired) electrons. The van der Waals surface area contributed by atoms with Crippen molar-refractivity contribution in [3.05, 3.63) is 29.6 Å². The van der Waals surface area contributed by atoms with Crippen LogP contribution in [0.15, 0.2) is 18.2 Å². The molecule has 1 aliphatic rings. The highest BCUT2D eigenvalue weighted by Gasteiger charge is 2.34. The smallest absolute Gasteiger partial charge is 0.340 e. The summed E-state index contributed by atoms with van der Waals surface area (Å²) in [6.45, 7) is 0. The average Bonchev–Trinajstić information content (AvgIpc) is 2.38. The minimum atomic E-state index is -0.784. The van der Waals surface area contributed by atoms with Gasteiger partial charge in [0, 0.05) is 17.6 Å². The van der Waals surface area contributed by atoms with Gasteiger partial charge in [-0.05, 0) is 37.5 Å². The van der Waals surface area contributed by atoms with Crippen molar-refractivity contribution >= 4 is 17.6 Å². The number of esters is 1. The maximum absolute atomic E-state index is 13.4. The molecule has 1 aromatic carbocycles. The number of rotatable bonds is 4. The van der Waals surface area contributed by atoms with Crippen molar-refractivity contribution in [3.8, 4) is 0 Å². The number of methoxy groups -OCH3 is 1. The molecule has 2 rings (SSSR count). The predicted octanol–water partition coefficient (Wildman–Crippen LogP) is 1.82. The number of nitrogens with one attached hydrogen (secondary N) is 1. The van der Waals surface area contributed by atoms with Crippen molar-refractivity contribution < 1.29 is 18.7 Å². The minimum Gasteiger partial charge on any atom is -0.465 e. The number of hydrogen-bond donors (Lipinski definition) is 2. The minimum absolute atomic E-state index is 0.212. The summed E-state index contributed by atoms with van der Waals surface area (Å²) in [5.41, 5.74) is 5.70. The molecular weight excluding hydrogens is 263 g/mol. The molecule has 0 aromatic heterocycles. The van der Waals surface area contributed by atoms with Crippen LogP contribution in [0.3, 0.4) is 0 Å². The summed E-state index contributed by atoms with van der Waals surface area (Å²) in [6.07, 6.45) is 2.92. The second-order valence-corrected chi connectivity index (χ2v) is 5.13. The highest BCUT2D eigenvalue weighted by Crippen LogP contribution is 2.32. The first kappa shape index (κ1) is 14.5. The first-order valence-electron chi connectivity index (χ1n) is 6.40. The molecule has 0 saturated heterocycles. The van der Waals surface area contributed by atoms with Gasteiger partial charge in [0.25, 0.3) is 0 Å². The first-order chi connectivity index (χ1) is 9.43. The summed E-state index contributed by atoms with van der Waals surface area (Å²) in [5, 5.41) is 2.62. The molecule has 0 spiro atoms. The number of nitrogens with two attached hydrogens (primary N) is 1. The SMILES string of the molecule is COC(=O)c1cc(NC(=O)CC2(N)CCC2)ccc1F. The van der Waals surface area contributed by atoms with Gasteiger partial charge >= 0.3 is 5.97 Å². The molecule has 1 aromatic rings. The van der Waals surface area contributed by atoms with Crippen molar-refractivity contribution in [2.45, 2.75) is 31.2 Å². The third-order valence-electron chi connectivity index (χ3n) is 3.52. The van der Waals surface area contributed by atoms with E-state index < -0.39 is 17.3 Å². The van der Waals surface area contributed by atoms with Crippen LogP contribution in [-0.4, -0.2) is 24.5 Å². The number of halogens is 1. The molecule has 1 amide bonds. The lowest BCUT2D eigenvalue weighted by atomic mass is 9.75. The van der Waals surface area contributed by atoms with Crippen molar-refractivity contribution in [1.82, 2.24) is 0 Å². The molecule has 20 heavy (non-hydrogen) atoms. The summed E-state index contributed by atoms with van der Waals surface area (Å²) < 4.78 is 17.9. The van der Waals surface area contributed by atoms with E-state index in [1.807, 2.05) is 0 Å². The number of anilines is 1. The van der Waals surface area contributed by atoms with E-state index >= 15 is 0 Å².